The van der Waals surface area contributed by atoms with Crippen LogP contribution in [0.1, 0.15) is 98.6 Å². The number of carbonyl (C=O) groups is 2. The van der Waals surface area contributed by atoms with Gasteiger partial charge in [0.2, 0.25) is 0 Å². The predicted molar refractivity (Wildman–Crippen MR) is 160 cm³/mol. The molecule has 0 heterocycles. The Kier molecular flexibility index (Phi) is 13.5. The summed E-state index contributed by atoms with van der Waals surface area (Å²) in [5.41, 5.74) is 2.88. The first kappa shape index (κ1) is 32.3. The molecular weight excluding hydrogens is 508 g/mol. The Morgan fingerprint density at radius 2 is 1.59 bits per heavy atom. The van der Waals surface area contributed by atoms with Crippen LogP contribution in [0.4, 0.5) is 0 Å². The van der Waals surface area contributed by atoms with Gasteiger partial charge in [0.15, 0.2) is 8.32 Å². The second kappa shape index (κ2) is 16.3. The summed E-state index contributed by atoms with van der Waals surface area (Å²) in [6, 6.07) is 15.8. The summed E-state index contributed by atoms with van der Waals surface area (Å²) in [5.74, 6) is -1.59. The van der Waals surface area contributed by atoms with Crippen molar-refractivity contribution in [3.05, 3.63) is 70.8 Å². The van der Waals surface area contributed by atoms with Gasteiger partial charge in [0, 0.05) is 6.61 Å². The molecule has 6 nitrogen and oxygen atoms in total. The third-order valence-corrected chi connectivity index (χ3v) is 12.6. The van der Waals surface area contributed by atoms with Gasteiger partial charge in [-0.15, -0.1) is 0 Å². The zero-order valence-corrected chi connectivity index (χ0v) is 25.3. The van der Waals surface area contributed by atoms with Crippen LogP contribution in [0, 0.1) is 5.92 Å². The van der Waals surface area contributed by atoms with Crippen LogP contribution in [-0.2, 0) is 11.0 Å². The standard InChI is InChI=1S/C32H46O6Si/c1-6-24(19-20-38-39(8-3,9-4)10-5)13-11-15-26(7-2)27-16-12-14-25(21-27)23-37-28-17-18-29(31(33)34)30(22-28)32(35)36/h12,14-18,21-22,24H,6-11,13,19-20,23H2,1-5H3,(H,33,34)(H,35,36). The topological polar surface area (TPSA) is 93.1 Å². The normalized spacial score (nSPS) is 12.8. The van der Waals surface area contributed by atoms with E-state index in [1.807, 2.05) is 12.1 Å². The maximum absolute atomic E-state index is 11.5. The summed E-state index contributed by atoms with van der Waals surface area (Å²) >= 11 is 0. The van der Waals surface area contributed by atoms with Crippen LogP contribution in [0.5, 0.6) is 5.75 Å². The Labute approximate surface area is 235 Å². The molecule has 0 saturated heterocycles. The summed E-state index contributed by atoms with van der Waals surface area (Å²) in [7, 11) is -1.52. The molecule has 2 N–H and O–H groups in total. The molecule has 0 bridgehead atoms. The number of hydrogen-bond donors (Lipinski definition) is 2. The lowest BCUT2D eigenvalue weighted by atomic mass is 9.94. The fourth-order valence-electron chi connectivity index (χ4n) is 5.01. The summed E-state index contributed by atoms with van der Waals surface area (Å²) in [5, 5.41) is 18.6. The summed E-state index contributed by atoms with van der Waals surface area (Å²) in [4.78, 5) is 22.7. The van der Waals surface area contributed by atoms with E-state index >= 15 is 0 Å². The van der Waals surface area contributed by atoms with Crippen molar-refractivity contribution < 1.29 is 29.0 Å². The van der Waals surface area contributed by atoms with Crippen molar-refractivity contribution in [3.8, 4) is 5.75 Å². The average molecular weight is 555 g/mol. The van der Waals surface area contributed by atoms with Crippen molar-refractivity contribution in [3.63, 3.8) is 0 Å². The molecule has 0 fully saturated rings. The molecule has 0 aliphatic rings. The summed E-state index contributed by atoms with van der Waals surface area (Å²) in [6.07, 6.45) is 7.78. The van der Waals surface area contributed by atoms with Gasteiger partial charge in [0.25, 0.3) is 0 Å². The van der Waals surface area contributed by atoms with Crippen molar-refractivity contribution in [2.24, 2.45) is 5.92 Å². The van der Waals surface area contributed by atoms with Crippen LogP contribution in [0.25, 0.3) is 5.57 Å². The Hall–Kier alpha value is -2.90. The Morgan fingerprint density at radius 3 is 2.18 bits per heavy atom. The van der Waals surface area contributed by atoms with Crippen LogP contribution in [-0.4, -0.2) is 37.1 Å². The van der Waals surface area contributed by atoms with Crippen LogP contribution < -0.4 is 4.74 Å². The first-order chi connectivity index (χ1) is 18.7. The molecule has 0 spiro atoms. The number of carboxylic acid groups (broad SMARTS) is 2. The summed E-state index contributed by atoms with van der Waals surface area (Å²) < 4.78 is 12.3. The third kappa shape index (κ3) is 9.66. The molecule has 0 saturated carbocycles. The van der Waals surface area contributed by atoms with Crippen molar-refractivity contribution in [2.75, 3.05) is 6.61 Å². The van der Waals surface area contributed by atoms with E-state index in [-0.39, 0.29) is 17.7 Å². The number of allylic oxidation sites excluding steroid dienone is 2. The maximum atomic E-state index is 11.5. The van der Waals surface area contributed by atoms with Gasteiger partial charge in [0.1, 0.15) is 12.4 Å². The Balaban J connectivity index is 1.99. The number of rotatable bonds is 18. The molecule has 214 valence electrons. The minimum Gasteiger partial charge on any atom is -0.489 e. The number of carboxylic acids is 2. The van der Waals surface area contributed by atoms with E-state index in [0.29, 0.717) is 11.7 Å². The number of benzene rings is 2. The number of ether oxygens (including phenoxy) is 1. The molecule has 0 radical (unpaired) electrons. The smallest absolute Gasteiger partial charge is 0.336 e. The highest BCUT2D eigenvalue weighted by Gasteiger charge is 2.28. The molecule has 0 aliphatic carbocycles. The van der Waals surface area contributed by atoms with E-state index in [9.17, 15) is 19.8 Å². The Bertz CT molecular complexity index is 1100. The van der Waals surface area contributed by atoms with Gasteiger partial charge < -0.3 is 19.4 Å². The molecule has 0 aliphatic heterocycles. The van der Waals surface area contributed by atoms with Crippen LogP contribution >= 0.6 is 0 Å². The maximum Gasteiger partial charge on any atom is 0.336 e. The van der Waals surface area contributed by atoms with E-state index in [2.05, 4.69) is 52.8 Å². The first-order valence-electron chi connectivity index (χ1n) is 14.4. The number of hydrogen-bond acceptors (Lipinski definition) is 4. The fraction of sp³-hybridized carbons (Fsp3) is 0.500. The molecule has 39 heavy (non-hydrogen) atoms. The predicted octanol–water partition coefficient (Wildman–Crippen LogP) is 8.67. The second-order valence-electron chi connectivity index (χ2n) is 10.1. The fourth-order valence-corrected chi connectivity index (χ4v) is 7.68. The lowest BCUT2D eigenvalue weighted by molar-refractivity contribution is 0.0651. The van der Waals surface area contributed by atoms with Crippen molar-refractivity contribution >= 4 is 25.8 Å². The van der Waals surface area contributed by atoms with Gasteiger partial charge >= 0.3 is 11.9 Å². The molecular formula is C32H46O6Si. The zero-order chi connectivity index (χ0) is 28.8. The quantitative estimate of drug-likeness (QED) is 0.179. The molecule has 2 aromatic carbocycles. The van der Waals surface area contributed by atoms with Crippen molar-refractivity contribution in [1.82, 2.24) is 0 Å². The van der Waals surface area contributed by atoms with E-state index in [1.165, 1.54) is 48.3 Å². The number of aromatic carboxylic acids is 2. The molecule has 2 rings (SSSR count). The summed E-state index contributed by atoms with van der Waals surface area (Å²) in [6.45, 7) is 12.4. The molecule has 1 unspecified atom stereocenters. The van der Waals surface area contributed by atoms with Crippen LogP contribution in [0.15, 0.2) is 48.5 Å². The second-order valence-corrected chi connectivity index (χ2v) is 14.9. The van der Waals surface area contributed by atoms with Gasteiger partial charge in [-0.3, -0.25) is 0 Å². The molecule has 7 heteroatoms. The van der Waals surface area contributed by atoms with Crippen LogP contribution in [0.3, 0.4) is 0 Å². The lowest BCUT2D eigenvalue weighted by Gasteiger charge is -2.29. The minimum atomic E-state index is -1.52. The SMILES string of the molecule is CCC(=CCCC(CC)CCO[Si](CC)(CC)CC)c1cccc(COc2ccc(C(=O)O)c(C(=O)O)c2)c1. The lowest BCUT2D eigenvalue weighted by Crippen LogP contribution is -2.36. The van der Waals surface area contributed by atoms with Crippen LogP contribution in [0.2, 0.25) is 18.1 Å². The molecule has 2 aromatic rings. The highest BCUT2D eigenvalue weighted by molar-refractivity contribution is 6.73. The first-order valence-corrected chi connectivity index (χ1v) is 16.9. The third-order valence-electron chi connectivity index (χ3n) is 7.95. The Morgan fingerprint density at radius 1 is 0.897 bits per heavy atom. The van der Waals surface area contributed by atoms with Gasteiger partial charge in [-0.1, -0.05) is 65.3 Å². The van der Waals surface area contributed by atoms with E-state index < -0.39 is 20.3 Å². The largest absolute Gasteiger partial charge is 0.489 e. The van der Waals surface area contributed by atoms with E-state index in [0.717, 1.165) is 43.4 Å². The zero-order valence-electron chi connectivity index (χ0n) is 24.3. The molecule has 0 aromatic heterocycles. The molecule has 0 amide bonds. The molecule has 1 atom stereocenters. The average Bonchev–Trinajstić information content (AvgIpc) is 2.95. The van der Waals surface area contributed by atoms with Gasteiger partial charge in [0.05, 0.1) is 11.1 Å². The van der Waals surface area contributed by atoms with Gasteiger partial charge in [-0.05, 0) is 90.7 Å². The highest BCUT2D eigenvalue weighted by Crippen LogP contribution is 2.26. The van der Waals surface area contributed by atoms with E-state index in [4.69, 9.17) is 9.16 Å². The highest BCUT2D eigenvalue weighted by atomic mass is 28.4. The van der Waals surface area contributed by atoms with E-state index in [1.54, 1.807) is 0 Å². The monoisotopic (exact) mass is 554 g/mol. The minimum absolute atomic E-state index is 0.256. The van der Waals surface area contributed by atoms with Crippen molar-refractivity contribution in [2.45, 2.75) is 91.5 Å². The van der Waals surface area contributed by atoms with Crippen molar-refractivity contribution in [1.29, 1.82) is 0 Å². The van der Waals surface area contributed by atoms with Gasteiger partial charge in [-0.2, -0.15) is 0 Å². The van der Waals surface area contributed by atoms with Gasteiger partial charge in [-0.25, -0.2) is 9.59 Å².